The molecule has 1 N–H and O–H groups in total. The molecule has 0 spiro atoms. The fraction of sp³-hybridized carbons (Fsp3) is 0.955. The molecule has 0 heterocycles. The van der Waals surface area contributed by atoms with Crippen molar-refractivity contribution in [2.75, 3.05) is 7.11 Å². The van der Waals surface area contributed by atoms with E-state index >= 15 is 0 Å². The van der Waals surface area contributed by atoms with Gasteiger partial charge in [0.2, 0.25) is 0 Å². The van der Waals surface area contributed by atoms with Gasteiger partial charge in [-0.05, 0) is 99.2 Å². The summed E-state index contributed by atoms with van der Waals surface area (Å²) in [6, 6.07) is 0. The van der Waals surface area contributed by atoms with Crippen molar-refractivity contribution in [3.63, 3.8) is 0 Å². The van der Waals surface area contributed by atoms with Crippen LogP contribution in [0.2, 0.25) is 0 Å². The van der Waals surface area contributed by atoms with E-state index in [4.69, 9.17) is 4.84 Å². The van der Waals surface area contributed by atoms with Gasteiger partial charge in [0, 0.05) is 5.92 Å². The molecule has 0 amide bonds. The average molecular weight is 348 g/mol. The van der Waals surface area contributed by atoms with Crippen LogP contribution in [0.4, 0.5) is 0 Å². The first-order valence-electron chi connectivity index (χ1n) is 10.7. The lowest BCUT2D eigenvalue weighted by atomic mass is 9.44. The third-order valence-corrected chi connectivity index (χ3v) is 9.38. The van der Waals surface area contributed by atoms with Crippen LogP contribution in [0, 0.1) is 40.4 Å². The third kappa shape index (κ3) is 2.59. The zero-order valence-corrected chi connectivity index (χ0v) is 16.6. The number of rotatable bonds is 2. The smallest absolute Gasteiger partial charge is 0.106 e. The SMILES string of the molecule is CO/N=C(/C)[C@H]1CC[C@H]2[C@@H]3CC[C@@H]4C[C@H](O)CC[C@]4(C)[C@H]3CC[C@]12C. The van der Waals surface area contributed by atoms with Crippen LogP contribution >= 0.6 is 0 Å². The highest BCUT2D eigenvalue weighted by molar-refractivity contribution is 5.85. The molecule has 4 rings (SSSR count). The van der Waals surface area contributed by atoms with Crippen LogP contribution in [0.1, 0.15) is 78.6 Å². The zero-order valence-electron chi connectivity index (χ0n) is 16.6. The molecule has 0 aliphatic heterocycles. The monoisotopic (exact) mass is 347 g/mol. The highest BCUT2D eigenvalue weighted by Crippen LogP contribution is 2.67. The highest BCUT2D eigenvalue weighted by Gasteiger charge is 2.60. The van der Waals surface area contributed by atoms with E-state index in [1.807, 2.05) is 0 Å². The van der Waals surface area contributed by atoms with Crippen LogP contribution < -0.4 is 0 Å². The van der Waals surface area contributed by atoms with Gasteiger partial charge in [-0.25, -0.2) is 0 Å². The summed E-state index contributed by atoms with van der Waals surface area (Å²) in [5, 5.41) is 14.5. The summed E-state index contributed by atoms with van der Waals surface area (Å²) in [5.74, 6) is 4.02. The molecule has 142 valence electrons. The van der Waals surface area contributed by atoms with Gasteiger partial charge in [0.05, 0.1) is 11.8 Å². The minimum Gasteiger partial charge on any atom is -0.399 e. The molecule has 3 nitrogen and oxygen atoms in total. The van der Waals surface area contributed by atoms with Gasteiger partial charge in [0.1, 0.15) is 7.11 Å². The molecular formula is C22H37NO2. The van der Waals surface area contributed by atoms with Crippen LogP contribution in [0.25, 0.3) is 0 Å². The van der Waals surface area contributed by atoms with E-state index < -0.39 is 0 Å². The van der Waals surface area contributed by atoms with Crippen molar-refractivity contribution in [1.82, 2.24) is 0 Å². The summed E-state index contributed by atoms with van der Waals surface area (Å²) in [5.41, 5.74) is 2.12. The second-order valence-electron chi connectivity index (χ2n) is 10.2. The molecular weight excluding hydrogens is 310 g/mol. The Labute approximate surface area is 153 Å². The summed E-state index contributed by atoms with van der Waals surface area (Å²) in [6.07, 6.45) is 11.4. The van der Waals surface area contributed by atoms with Gasteiger partial charge in [-0.1, -0.05) is 19.0 Å². The van der Waals surface area contributed by atoms with Crippen molar-refractivity contribution >= 4 is 5.71 Å². The van der Waals surface area contributed by atoms with E-state index in [9.17, 15) is 5.11 Å². The van der Waals surface area contributed by atoms with E-state index in [0.29, 0.717) is 16.7 Å². The lowest BCUT2D eigenvalue weighted by molar-refractivity contribution is -0.123. The molecule has 4 fully saturated rings. The minimum atomic E-state index is -0.0350. The fourth-order valence-corrected chi connectivity index (χ4v) is 8.13. The number of oxime groups is 1. The lowest BCUT2D eigenvalue weighted by Gasteiger charge is -2.61. The number of aliphatic hydroxyl groups excluding tert-OH is 1. The van der Waals surface area contributed by atoms with Gasteiger partial charge in [-0.3, -0.25) is 0 Å². The summed E-state index contributed by atoms with van der Waals surface area (Å²) in [6.45, 7) is 7.31. The molecule has 3 heteroatoms. The van der Waals surface area contributed by atoms with Crippen LogP contribution in [0.5, 0.6) is 0 Å². The third-order valence-electron chi connectivity index (χ3n) is 9.38. The molecule has 25 heavy (non-hydrogen) atoms. The lowest BCUT2D eigenvalue weighted by Crippen LogP contribution is -2.54. The van der Waals surface area contributed by atoms with Gasteiger partial charge in [-0.2, -0.15) is 0 Å². The van der Waals surface area contributed by atoms with E-state index in [2.05, 4.69) is 25.9 Å². The summed E-state index contributed by atoms with van der Waals surface area (Å²) >= 11 is 0. The summed E-state index contributed by atoms with van der Waals surface area (Å²) in [7, 11) is 1.68. The van der Waals surface area contributed by atoms with Crippen LogP contribution in [0.15, 0.2) is 5.16 Å². The normalized spacial score (nSPS) is 52.9. The van der Waals surface area contributed by atoms with Crippen LogP contribution in [-0.4, -0.2) is 24.0 Å². The highest BCUT2D eigenvalue weighted by atomic mass is 16.6. The molecule has 0 aromatic rings. The number of hydrogen-bond donors (Lipinski definition) is 1. The van der Waals surface area contributed by atoms with Crippen LogP contribution in [0.3, 0.4) is 0 Å². The number of aliphatic hydroxyl groups is 1. The first-order valence-corrected chi connectivity index (χ1v) is 10.7. The standard InChI is InChI=1S/C22H37NO2/c1-14(23-25-4)18-7-8-19-17-6-5-15-13-16(24)9-11-21(15,2)20(17)10-12-22(18,19)3/h15-20,24H,5-13H2,1-4H3/b23-14-/t15-,16-,17+,18-,19+,20+,21+,22-/m1/s1. The van der Waals surface area contributed by atoms with Gasteiger partial charge in [-0.15, -0.1) is 0 Å². The molecule has 4 saturated carbocycles. The molecule has 0 saturated heterocycles. The minimum absolute atomic E-state index is 0.0350. The van der Waals surface area contributed by atoms with Gasteiger partial charge >= 0.3 is 0 Å². The summed E-state index contributed by atoms with van der Waals surface area (Å²) in [4.78, 5) is 5.11. The summed E-state index contributed by atoms with van der Waals surface area (Å²) < 4.78 is 0. The largest absolute Gasteiger partial charge is 0.399 e. The molecule has 0 aromatic heterocycles. The second-order valence-corrected chi connectivity index (χ2v) is 10.2. The average Bonchev–Trinajstić information content (AvgIpc) is 2.93. The number of fused-ring (bicyclic) bond motifs is 5. The molecule has 0 aromatic carbocycles. The van der Waals surface area contributed by atoms with Crippen molar-refractivity contribution in [2.24, 2.45) is 45.6 Å². The maximum absolute atomic E-state index is 10.2. The Morgan fingerprint density at radius 3 is 2.44 bits per heavy atom. The van der Waals surface area contributed by atoms with E-state index in [0.717, 1.165) is 36.5 Å². The quantitative estimate of drug-likeness (QED) is 0.562. The van der Waals surface area contributed by atoms with Gasteiger partial charge < -0.3 is 9.94 Å². The van der Waals surface area contributed by atoms with Crippen molar-refractivity contribution in [3.8, 4) is 0 Å². The van der Waals surface area contributed by atoms with Gasteiger partial charge in [0.25, 0.3) is 0 Å². The first-order chi connectivity index (χ1) is 11.9. The topological polar surface area (TPSA) is 41.8 Å². The fourth-order valence-electron chi connectivity index (χ4n) is 8.13. The van der Waals surface area contributed by atoms with Crippen molar-refractivity contribution in [2.45, 2.75) is 84.7 Å². The van der Waals surface area contributed by atoms with E-state index in [1.54, 1.807) is 7.11 Å². The van der Waals surface area contributed by atoms with Crippen LogP contribution in [-0.2, 0) is 4.84 Å². The van der Waals surface area contributed by atoms with Crippen molar-refractivity contribution in [1.29, 1.82) is 0 Å². The Bertz CT molecular complexity index is 546. The Hall–Kier alpha value is -0.570. The maximum atomic E-state index is 10.2. The Balaban J connectivity index is 1.59. The second kappa shape index (κ2) is 6.25. The molecule has 8 atom stereocenters. The van der Waals surface area contributed by atoms with E-state index in [-0.39, 0.29) is 6.10 Å². The van der Waals surface area contributed by atoms with Crippen molar-refractivity contribution < 1.29 is 9.94 Å². The van der Waals surface area contributed by atoms with Crippen molar-refractivity contribution in [3.05, 3.63) is 0 Å². The van der Waals surface area contributed by atoms with Gasteiger partial charge in [0.15, 0.2) is 0 Å². The molecule has 4 aliphatic carbocycles. The Morgan fingerprint density at radius 1 is 0.960 bits per heavy atom. The number of hydrogen-bond acceptors (Lipinski definition) is 3. The Kier molecular flexibility index (Phi) is 4.46. The zero-order chi connectivity index (χ0) is 17.8. The Morgan fingerprint density at radius 2 is 1.68 bits per heavy atom. The molecule has 0 radical (unpaired) electrons. The number of nitrogens with zero attached hydrogens (tertiary/aromatic N) is 1. The first kappa shape index (κ1) is 17.8. The predicted molar refractivity (Wildman–Crippen MR) is 101 cm³/mol. The molecule has 4 aliphatic rings. The maximum Gasteiger partial charge on any atom is 0.106 e. The molecule has 0 bridgehead atoms. The predicted octanol–water partition coefficient (Wildman–Crippen LogP) is 5.03. The molecule has 0 unspecified atom stereocenters. The van der Waals surface area contributed by atoms with E-state index in [1.165, 1.54) is 50.7 Å².